The summed E-state index contributed by atoms with van der Waals surface area (Å²) in [6.07, 6.45) is 2.30. The van der Waals surface area contributed by atoms with Gasteiger partial charge in [-0.25, -0.2) is 5.43 Å². The molecule has 2 N–H and O–H groups in total. The largest absolute Gasteiger partial charge is 0.507 e. The van der Waals surface area contributed by atoms with Crippen LogP contribution in [-0.2, 0) is 28.7 Å². The molecule has 0 atom stereocenters. The molecular formula is C32H39ClN2O4. The number of methoxy groups -OCH3 is 1. The second-order valence-corrected chi connectivity index (χ2v) is 12.0. The molecule has 1 amide bonds. The number of aromatic hydroxyl groups is 1. The Balaban J connectivity index is 1.65. The van der Waals surface area contributed by atoms with E-state index in [9.17, 15) is 9.90 Å². The van der Waals surface area contributed by atoms with E-state index in [1.54, 1.807) is 19.2 Å². The van der Waals surface area contributed by atoms with Gasteiger partial charge >= 0.3 is 0 Å². The summed E-state index contributed by atoms with van der Waals surface area (Å²) >= 11 is 6.47. The Morgan fingerprint density at radius 3 is 2.15 bits per heavy atom. The molecule has 6 nitrogen and oxygen atoms in total. The second kappa shape index (κ2) is 12.6. The van der Waals surface area contributed by atoms with Gasteiger partial charge in [0.1, 0.15) is 12.4 Å². The molecule has 3 rings (SSSR count). The van der Waals surface area contributed by atoms with Crippen LogP contribution in [0.5, 0.6) is 17.2 Å². The van der Waals surface area contributed by atoms with E-state index in [1.807, 2.05) is 42.5 Å². The molecule has 0 fully saturated rings. The molecule has 0 saturated heterocycles. The number of carbonyl (C=O) groups excluding carboxylic acids is 1. The quantitative estimate of drug-likeness (QED) is 0.216. The van der Waals surface area contributed by atoms with Crippen LogP contribution in [0.2, 0.25) is 5.02 Å². The van der Waals surface area contributed by atoms with Crippen molar-refractivity contribution in [3.63, 3.8) is 0 Å². The van der Waals surface area contributed by atoms with Crippen LogP contribution in [0.4, 0.5) is 0 Å². The Bertz CT molecular complexity index is 1290. The lowest BCUT2D eigenvalue weighted by Crippen LogP contribution is -2.20. The minimum Gasteiger partial charge on any atom is -0.507 e. The summed E-state index contributed by atoms with van der Waals surface area (Å²) in [6, 6.07) is 17.2. The Hall–Kier alpha value is -3.51. The van der Waals surface area contributed by atoms with Crippen LogP contribution < -0.4 is 14.9 Å². The molecule has 0 aliphatic carbocycles. The van der Waals surface area contributed by atoms with Gasteiger partial charge in [-0.15, -0.1) is 0 Å². The first-order valence-electron chi connectivity index (χ1n) is 13.0. The van der Waals surface area contributed by atoms with Crippen LogP contribution in [0.1, 0.15) is 75.8 Å². The molecular weight excluding hydrogens is 512 g/mol. The Morgan fingerprint density at radius 2 is 1.59 bits per heavy atom. The average molecular weight is 551 g/mol. The van der Waals surface area contributed by atoms with Gasteiger partial charge in [-0.05, 0) is 57.2 Å². The van der Waals surface area contributed by atoms with E-state index < -0.39 is 0 Å². The highest BCUT2D eigenvalue weighted by Gasteiger charge is 2.26. The first-order valence-corrected chi connectivity index (χ1v) is 13.4. The van der Waals surface area contributed by atoms with Crippen LogP contribution in [0.3, 0.4) is 0 Å². The summed E-state index contributed by atoms with van der Waals surface area (Å²) in [6.45, 7) is 12.8. The fourth-order valence-electron chi connectivity index (χ4n) is 4.16. The number of phenols is 1. The molecule has 0 saturated carbocycles. The van der Waals surface area contributed by atoms with E-state index in [0.717, 1.165) is 22.3 Å². The van der Waals surface area contributed by atoms with Crippen molar-refractivity contribution >= 4 is 23.7 Å². The lowest BCUT2D eigenvalue weighted by atomic mass is 9.78. The molecule has 3 aromatic rings. The molecule has 0 aliphatic heterocycles. The van der Waals surface area contributed by atoms with Crippen LogP contribution in [0.25, 0.3) is 0 Å². The monoisotopic (exact) mass is 550 g/mol. The van der Waals surface area contributed by atoms with Crippen molar-refractivity contribution in [2.75, 3.05) is 7.11 Å². The second-order valence-electron chi connectivity index (χ2n) is 11.6. The zero-order valence-electron chi connectivity index (χ0n) is 23.9. The molecule has 0 spiro atoms. The lowest BCUT2D eigenvalue weighted by Gasteiger charge is -2.28. The van der Waals surface area contributed by atoms with Gasteiger partial charge in [-0.2, -0.15) is 5.10 Å². The average Bonchev–Trinajstić information content (AvgIpc) is 2.86. The zero-order chi connectivity index (χ0) is 28.8. The minimum atomic E-state index is -0.225. The number of ether oxygens (including phenoxy) is 2. The number of phenolic OH excluding ortho intramolecular Hbond substituents is 1. The van der Waals surface area contributed by atoms with E-state index >= 15 is 0 Å². The van der Waals surface area contributed by atoms with E-state index in [-0.39, 0.29) is 23.2 Å². The predicted octanol–water partition coefficient (Wildman–Crippen LogP) is 7.31. The first-order chi connectivity index (χ1) is 18.3. The van der Waals surface area contributed by atoms with Gasteiger partial charge in [0.05, 0.1) is 18.3 Å². The number of carbonyl (C=O) groups is 1. The zero-order valence-corrected chi connectivity index (χ0v) is 24.6. The number of aryl methyl sites for hydroxylation is 1. The van der Waals surface area contributed by atoms with Gasteiger partial charge < -0.3 is 14.6 Å². The number of benzene rings is 3. The number of halogens is 1. The van der Waals surface area contributed by atoms with Gasteiger partial charge in [-0.1, -0.05) is 95.6 Å². The number of nitrogens with one attached hydrogen (secondary N) is 1. The van der Waals surface area contributed by atoms with Crippen molar-refractivity contribution in [2.45, 2.75) is 71.8 Å². The molecule has 208 valence electrons. The molecule has 0 bridgehead atoms. The van der Waals surface area contributed by atoms with Crippen molar-refractivity contribution in [3.8, 4) is 17.2 Å². The van der Waals surface area contributed by atoms with E-state index in [2.05, 4.69) is 52.1 Å². The first kappa shape index (κ1) is 30.0. The van der Waals surface area contributed by atoms with E-state index in [1.165, 1.54) is 6.21 Å². The number of hydrogen-bond acceptors (Lipinski definition) is 5. The maximum absolute atomic E-state index is 12.6. The molecule has 0 aromatic heterocycles. The lowest BCUT2D eigenvalue weighted by molar-refractivity contribution is -0.121. The molecule has 39 heavy (non-hydrogen) atoms. The maximum atomic E-state index is 12.6. The third-order valence-electron chi connectivity index (χ3n) is 6.31. The summed E-state index contributed by atoms with van der Waals surface area (Å²) in [5.74, 6) is 1.04. The molecule has 0 radical (unpaired) electrons. The number of rotatable bonds is 9. The van der Waals surface area contributed by atoms with Crippen LogP contribution in [0.15, 0.2) is 59.7 Å². The van der Waals surface area contributed by atoms with Crippen molar-refractivity contribution in [1.82, 2.24) is 5.43 Å². The van der Waals surface area contributed by atoms with Crippen molar-refractivity contribution in [1.29, 1.82) is 0 Å². The standard InChI is InChI=1S/C32H39ClN2O4/c1-31(2,3)24-15-22(16-25(29(24)37)32(4,5)6)13-14-28(36)35-34-19-23-17-26(33)30(27(18-23)38-7)39-20-21-11-9-8-10-12-21/h8-12,15-19,37H,13-14,20H2,1-7H3,(H,35,36)/b34-19-. The Morgan fingerprint density at radius 1 is 0.974 bits per heavy atom. The number of nitrogens with zero attached hydrogens (tertiary/aromatic N) is 1. The highest BCUT2D eigenvalue weighted by atomic mass is 35.5. The van der Waals surface area contributed by atoms with Crippen molar-refractivity contribution < 1.29 is 19.4 Å². The molecule has 0 heterocycles. The van der Waals surface area contributed by atoms with E-state index in [0.29, 0.717) is 40.9 Å². The summed E-state index contributed by atoms with van der Waals surface area (Å²) in [7, 11) is 1.54. The summed E-state index contributed by atoms with van der Waals surface area (Å²) < 4.78 is 11.4. The fraction of sp³-hybridized carbons (Fsp3) is 0.375. The van der Waals surface area contributed by atoms with Crippen LogP contribution >= 0.6 is 11.6 Å². The normalized spacial score (nSPS) is 12.0. The van der Waals surface area contributed by atoms with E-state index in [4.69, 9.17) is 21.1 Å². The highest BCUT2D eigenvalue weighted by Crippen LogP contribution is 2.40. The van der Waals surface area contributed by atoms with Crippen LogP contribution in [0, 0.1) is 0 Å². The Labute approximate surface area is 237 Å². The number of amides is 1. The SMILES string of the molecule is COc1cc(/C=N\NC(=O)CCc2cc(C(C)(C)C)c(O)c(C(C)(C)C)c2)cc(Cl)c1OCc1ccccc1. The maximum Gasteiger partial charge on any atom is 0.240 e. The molecule has 3 aromatic carbocycles. The highest BCUT2D eigenvalue weighted by molar-refractivity contribution is 6.32. The van der Waals surface area contributed by atoms with Gasteiger partial charge in [0.15, 0.2) is 11.5 Å². The third kappa shape index (κ3) is 8.24. The Kier molecular flexibility index (Phi) is 9.68. The van der Waals surface area contributed by atoms with Gasteiger partial charge in [-0.3, -0.25) is 4.79 Å². The fourth-order valence-corrected chi connectivity index (χ4v) is 4.43. The summed E-state index contributed by atoms with van der Waals surface area (Å²) in [5, 5.41) is 15.4. The number of hydrazone groups is 1. The van der Waals surface area contributed by atoms with Crippen LogP contribution in [-0.4, -0.2) is 24.3 Å². The molecule has 0 aliphatic rings. The number of hydrogen-bond donors (Lipinski definition) is 2. The van der Waals surface area contributed by atoms with Gasteiger partial charge in [0.2, 0.25) is 5.91 Å². The minimum absolute atomic E-state index is 0.213. The van der Waals surface area contributed by atoms with Crippen molar-refractivity contribution in [3.05, 3.63) is 87.4 Å². The predicted molar refractivity (Wildman–Crippen MR) is 158 cm³/mol. The van der Waals surface area contributed by atoms with Gasteiger partial charge in [0.25, 0.3) is 0 Å². The molecule has 0 unspecified atom stereocenters. The molecule has 7 heteroatoms. The topological polar surface area (TPSA) is 80.2 Å². The third-order valence-corrected chi connectivity index (χ3v) is 6.59. The summed E-state index contributed by atoms with van der Waals surface area (Å²) in [4.78, 5) is 12.6. The van der Waals surface area contributed by atoms with Crippen molar-refractivity contribution in [2.24, 2.45) is 5.10 Å². The van der Waals surface area contributed by atoms with Gasteiger partial charge in [0, 0.05) is 6.42 Å². The summed E-state index contributed by atoms with van der Waals surface area (Å²) in [5.41, 5.74) is 6.57. The smallest absolute Gasteiger partial charge is 0.240 e.